The zero-order valence-corrected chi connectivity index (χ0v) is 15.6. The molecule has 1 amide bonds. The van der Waals surface area contributed by atoms with Crippen LogP contribution in [-0.4, -0.2) is 35.7 Å². The predicted molar refractivity (Wildman–Crippen MR) is 100 cm³/mol. The number of carbonyl (C=O) groups is 2. The quantitative estimate of drug-likeness (QED) is 0.721. The first-order valence-electron chi connectivity index (χ1n) is 7.55. The van der Waals surface area contributed by atoms with Gasteiger partial charge in [0.1, 0.15) is 11.4 Å². The average Bonchev–Trinajstić information content (AvgIpc) is 3.06. The SMILES string of the molecule is COC(=O)[C@H]1CS[C@@H](c2cccc(Cl)c2)N1C(=O)c1ccccc1Cl. The molecule has 3 rings (SSSR count). The zero-order valence-electron chi connectivity index (χ0n) is 13.3. The minimum absolute atomic E-state index is 0.309. The van der Waals surface area contributed by atoms with Gasteiger partial charge >= 0.3 is 5.97 Å². The van der Waals surface area contributed by atoms with Crippen molar-refractivity contribution < 1.29 is 14.3 Å². The highest BCUT2D eigenvalue weighted by atomic mass is 35.5. The van der Waals surface area contributed by atoms with Crippen LogP contribution in [0, 0.1) is 0 Å². The molecule has 130 valence electrons. The topological polar surface area (TPSA) is 46.6 Å². The first kappa shape index (κ1) is 18.1. The van der Waals surface area contributed by atoms with Crippen molar-refractivity contribution in [3.63, 3.8) is 0 Å². The van der Waals surface area contributed by atoms with Crippen LogP contribution in [0.3, 0.4) is 0 Å². The number of rotatable bonds is 3. The van der Waals surface area contributed by atoms with Crippen LogP contribution in [0.15, 0.2) is 48.5 Å². The highest BCUT2D eigenvalue weighted by Gasteiger charge is 2.43. The van der Waals surface area contributed by atoms with Gasteiger partial charge in [0.15, 0.2) is 0 Å². The summed E-state index contributed by atoms with van der Waals surface area (Å²) in [4.78, 5) is 26.9. The summed E-state index contributed by atoms with van der Waals surface area (Å²) in [5.74, 6) is -0.312. The summed E-state index contributed by atoms with van der Waals surface area (Å²) in [7, 11) is 1.32. The van der Waals surface area contributed by atoms with Gasteiger partial charge in [-0.2, -0.15) is 0 Å². The molecule has 2 aromatic rings. The lowest BCUT2D eigenvalue weighted by molar-refractivity contribution is -0.145. The van der Waals surface area contributed by atoms with E-state index in [9.17, 15) is 9.59 Å². The van der Waals surface area contributed by atoms with Crippen LogP contribution in [0.5, 0.6) is 0 Å². The van der Waals surface area contributed by atoms with E-state index in [0.717, 1.165) is 5.56 Å². The molecule has 1 aliphatic rings. The van der Waals surface area contributed by atoms with E-state index in [1.807, 2.05) is 12.1 Å². The third-order valence-electron chi connectivity index (χ3n) is 3.95. The van der Waals surface area contributed by atoms with Gasteiger partial charge in [-0.1, -0.05) is 47.5 Å². The molecule has 1 aliphatic heterocycles. The Balaban J connectivity index is 2.03. The minimum Gasteiger partial charge on any atom is -0.467 e. The van der Waals surface area contributed by atoms with Crippen LogP contribution in [0.2, 0.25) is 10.0 Å². The second-order valence-corrected chi connectivity index (χ2v) is 7.43. The molecule has 2 atom stereocenters. The fourth-order valence-corrected chi connectivity index (χ4v) is 4.58. The molecule has 0 aliphatic carbocycles. The predicted octanol–water partition coefficient (Wildman–Crippen LogP) is 4.42. The molecule has 1 heterocycles. The van der Waals surface area contributed by atoms with Crippen LogP contribution in [0.4, 0.5) is 0 Å². The maximum Gasteiger partial charge on any atom is 0.329 e. The standard InChI is InChI=1S/C18H15Cl2NO3S/c1-24-18(23)15-10-25-17(11-5-4-6-12(19)9-11)21(15)16(22)13-7-2-3-8-14(13)20/h2-9,15,17H,10H2,1H3/t15-,17+/m1/s1. The smallest absolute Gasteiger partial charge is 0.329 e. The Labute approximate surface area is 160 Å². The maximum atomic E-state index is 13.2. The fourth-order valence-electron chi connectivity index (χ4n) is 2.76. The molecule has 1 fully saturated rings. The van der Waals surface area contributed by atoms with Crippen molar-refractivity contribution in [2.75, 3.05) is 12.9 Å². The maximum absolute atomic E-state index is 13.2. The number of hydrogen-bond acceptors (Lipinski definition) is 4. The monoisotopic (exact) mass is 395 g/mol. The Kier molecular flexibility index (Phi) is 5.57. The number of thioether (sulfide) groups is 1. The first-order valence-corrected chi connectivity index (χ1v) is 9.35. The summed E-state index contributed by atoms with van der Waals surface area (Å²) in [6.45, 7) is 0. The van der Waals surface area contributed by atoms with Crippen molar-refractivity contribution in [2.45, 2.75) is 11.4 Å². The van der Waals surface area contributed by atoms with Crippen molar-refractivity contribution >= 4 is 46.8 Å². The van der Waals surface area contributed by atoms with Gasteiger partial charge in [-0.25, -0.2) is 4.79 Å². The number of hydrogen-bond donors (Lipinski definition) is 0. The molecule has 0 radical (unpaired) electrons. The molecule has 7 heteroatoms. The van der Waals surface area contributed by atoms with E-state index in [1.165, 1.54) is 23.8 Å². The number of esters is 1. The van der Waals surface area contributed by atoms with Crippen LogP contribution >= 0.6 is 35.0 Å². The molecule has 4 nitrogen and oxygen atoms in total. The highest BCUT2D eigenvalue weighted by molar-refractivity contribution is 7.99. The molecule has 2 aromatic carbocycles. The van der Waals surface area contributed by atoms with E-state index in [1.54, 1.807) is 36.4 Å². The van der Waals surface area contributed by atoms with E-state index >= 15 is 0 Å². The lowest BCUT2D eigenvalue weighted by atomic mass is 10.1. The lowest BCUT2D eigenvalue weighted by Crippen LogP contribution is -2.43. The minimum atomic E-state index is -0.678. The number of benzene rings is 2. The molecule has 0 unspecified atom stereocenters. The van der Waals surface area contributed by atoms with E-state index in [-0.39, 0.29) is 11.3 Å². The summed E-state index contributed by atoms with van der Waals surface area (Å²) in [6, 6.07) is 13.4. The Hall–Kier alpha value is -1.69. The van der Waals surface area contributed by atoms with Gasteiger partial charge < -0.3 is 9.64 Å². The Bertz CT molecular complexity index is 814. The number of carbonyl (C=O) groups excluding carboxylic acids is 2. The van der Waals surface area contributed by atoms with Crippen LogP contribution < -0.4 is 0 Å². The van der Waals surface area contributed by atoms with Gasteiger partial charge in [-0.05, 0) is 29.8 Å². The molecule has 0 saturated carbocycles. The van der Waals surface area contributed by atoms with E-state index in [2.05, 4.69) is 0 Å². The van der Waals surface area contributed by atoms with Gasteiger partial charge in [0.2, 0.25) is 0 Å². The average molecular weight is 396 g/mol. The molecular weight excluding hydrogens is 381 g/mol. The van der Waals surface area contributed by atoms with Crippen LogP contribution in [0.25, 0.3) is 0 Å². The molecule has 0 N–H and O–H groups in total. The molecule has 0 bridgehead atoms. The van der Waals surface area contributed by atoms with Crippen LogP contribution in [-0.2, 0) is 9.53 Å². The van der Waals surface area contributed by atoms with E-state index in [0.29, 0.717) is 21.4 Å². The van der Waals surface area contributed by atoms with E-state index < -0.39 is 12.0 Å². The Morgan fingerprint density at radius 3 is 2.60 bits per heavy atom. The number of ether oxygens (including phenoxy) is 1. The summed E-state index contributed by atoms with van der Waals surface area (Å²) in [5, 5.41) is 0.578. The van der Waals surface area contributed by atoms with Crippen molar-refractivity contribution in [1.82, 2.24) is 4.90 Å². The lowest BCUT2D eigenvalue weighted by Gasteiger charge is -2.28. The second-order valence-electron chi connectivity index (χ2n) is 5.47. The first-order chi connectivity index (χ1) is 12.0. The number of nitrogens with zero attached hydrogens (tertiary/aromatic N) is 1. The molecular formula is C18H15Cl2NO3S. The largest absolute Gasteiger partial charge is 0.467 e. The summed E-state index contributed by atoms with van der Waals surface area (Å²) >= 11 is 13.8. The van der Waals surface area contributed by atoms with Crippen molar-refractivity contribution in [1.29, 1.82) is 0 Å². The third-order valence-corrected chi connectivity index (χ3v) is 5.83. The Morgan fingerprint density at radius 2 is 1.92 bits per heavy atom. The van der Waals surface area contributed by atoms with Crippen molar-refractivity contribution in [2.24, 2.45) is 0 Å². The normalized spacial score (nSPS) is 19.7. The number of halogens is 2. The second kappa shape index (κ2) is 7.68. The zero-order chi connectivity index (χ0) is 18.0. The molecule has 0 spiro atoms. The van der Waals surface area contributed by atoms with Crippen molar-refractivity contribution in [3.8, 4) is 0 Å². The third kappa shape index (κ3) is 3.64. The highest BCUT2D eigenvalue weighted by Crippen LogP contribution is 2.43. The van der Waals surface area contributed by atoms with Gasteiger partial charge in [0.05, 0.1) is 17.7 Å². The van der Waals surface area contributed by atoms with Crippen LogP contribution in [0.1, 0.15) is 21.3 Å². The summed E-state index contributed by atoms with van der Waals surface area (Å²) in [6.07, 6.45) is 0. The fraction of sp³-hybridized carbons (Fsp3) is 0.222. The van der Waals surface area contributed by atoms with Crippen molar-refractivity contribution in [3.05, 3.63) is 69.7 Å². The number of methoxy groups -OCH3 is 1. The molecule has 0 aromatic heterocycles. The van der Waals surface area contributed by atoms with Gasteiger partial charge in [-0.3, -0.25) is 4.79 Å². The van der Waals surface area contributed by atoms with Gasteiger partial charge in [0, 0.05) is 10.8 Å². The molecule has 25 heavy (non-hydrogen) atoms. The summed E-state index contributed by atoms with van der Waals surface area (Å²) < 4.78 is 4.88. The van der Waals surface area contributed by atoms with Gasteiger partial charge in [-0.15, -0.1) is 11.8 Å². The van der Waals surface area contributed by atoms with Gasteiger partial charge in [0.25, 0.3) is 5.91 Å². The Morgan fingerprint density at radius 1 is 1.16 bits per heavy atom. The summed E-state index contributed by atoms with van der Waals surface area (Å²) in [5.41, 5.74) is 1.21. The number of amides is 1. The van der Waals surface area contributed by atoms with E-state index in [4.69, 9.17) is 27.9 Å². The molecule has 1 saturated heterocycles.